The molecule has 2 bridgehead atoms. The molecule has 72 valence electrons. The fourth-order valence-electron chi connectivity index (χ4n) is 3.30. The summed E-state index contributed by atoms with van der Waals surface area (Å²) in [5.41, 5.74) is 4.07. The van der Waals surface area contributed by atoms with Crippen molar-refractivity contribution < 1.29 is 0 Å². The minimum Gasteiger partial charge on any atom is -0.0766 e. The molecule has 13 heavy (non-hydrogen) atoms. The molecule has 0 heterocycles. The monoisotopic (exact) mass is 176 g/mol. The third-order valence-corrected chi connectivity index (χ3v) is 4.52. The van der Waals surface area contributed by atoms with Crippen LogP contribution in [0.25, 0.3) is 0 Å². The zero-order valence-corrected chi connectivity index (χ0v) is 9.44. The van der Waals surface area contributed by atoms with Gasteiger partial charge in [0.2, 0.25) is 0 Å². The normalized spacial score (nSPS) is 35.2. The van der Waals surface area contributed by atoms with Crippen molar-refractivity contribution in [3.8, 4) is 0 Å². The lowest BCUT2D eigenvalue weighted by Gasteiger charge is -2.62. The second kappa shape index (κ2) is 2.29. The lowest BCUT2D eigenvalue weighted by atomic mass is 9.42. The number of hydrogen-bond acceptors (Lipinski definition) is 0. The van der Waals surface area contributed by atoms with Crippen molar-refractivity contribution in [3.05, 3.63) is 23.3 Å². The summed E-state index contributed by atoms with van der Waals surface area (Å²) in [6.45, 7) is 11.8. The highest BCUT2D eigenvalue weighted by molar-refractivity contribution is 5.47. The molecule has 1 atom stereocenters. The summed E-state index contributed by atoms with van der Waals surface area (Å²) in [4.78, 5) is 0. The summed E-state index contributed by atoms with van der Waals surface area (Å²) in [7, 11) is 0. The smallest absolute Gasteiger partial charge is 0.00339 e. The van der Waals surface area contributed by atoms with Gasteiger partial charge in [0.05, 0.1) is 0 Å². The van der Waals surface area contributed by atoms with E-state index in [9.17, 15) is 0 Å². The third-order valence-electron chi connectivity index (χ3n) is 4.52. The van der Waals surface area contributed by atoms with E-state index >= 15 is 0 Å². The zero-order valence-electron chi connectivity index (χ0n) is 9.44. The van der Waals surface area contributed by atoms with Gasteiger partial charge < -0.3 is 0 Å². The van der Waals surface area contributed by atoms with Crippen molar-refractivity contribution in [2.24, 2.45) is 16.7 Å². The van der Waals surface area contributed by atoms with Gasteiger partial charge in [0, 0.05) is 5.41 Å². The number of rotatable bonds is 1. The Hall–Kier alpha value is -0.520. The fourth-order valence-corrected chi connectivity index (χ4v) is 3.30. The molecule has 0 radical (unpaired) electrons. The first kappa shape index (κ1) is 9.05. The van der Waals surface area contributed by atoms with Gasteiger partial charge in [-0.2, -0.15) is 0 Å². The van der Waals surface area contributed by atoms with E-state index in [1.165, 1.54) is 12.0 Å². The molecule has 0 aromatic carbocycles. The Morgan fingerprint density at radius 3 is 2.31 bits per heavy atom. The second-order valence-corrected chi connectivity index (χ2v) is 5.49. The molecule has 1 unspecified atom stereocenters. The molecule has 0 heteroatoms. The summed E-state index contributed by atoms with van der Waals surface area (Å²) in [6.07, 6.45) is 6.09. The lowest BCUT2D eigenvalue weighted by Crippen LogP contribution is -2.53. The zero-order chi connectivity index (χ0) is 9.85. The van der Waals surface area contributed by atoms with Crippen molar-refractivity contribution in [2.75, 3.05) is 0 Å². The minimum absolute atomic E-state index is 0.417. The average molecular weight is 176 g/mol. The first-order chi connectivity index (χ1) is 5.92. The molecule has 1 saturated carbocycles. The Morgan fingerprint density at radius 1 is 1.31 bits per heavy atom. The quantitative estimate of drug-likeness (QED) is 0.567. The van der Waals surface area contributed by atoms with Crippen molar-refractivity contribution >= 4 is 0 Å². The largest absolute Gasteiger partial charge is 0.0766 e. The van der Waals surface area contributed by atoms with Crippen LogP contribution in [0.4, 0.5) is 0 Å². The number of allylic oxidation sites excluding steroid dienone is 4. The number of fused-ring (bicyclic) bond motifs is 1. The lowest BCUT2D eigenvalue weighted by molar-refractivity contribution is 0.0196. The van der Waals surface area contributed by atoms with Gasteiger partial charge in [0.1, 0.15) is 0 Å². The van der Waals surface area contributed by atoms with E-state index in [4.69, 9.17) is 0 Å². The van der Waals surface area contributed by atoms with Gasteiger partial charge in [-0.15, -0.1) is 0 Å². The maximum absolute atomic E-state index is 2.46. The van der Waals surface area contributed by atoms with Gasteiger partial charge in [0.15, 0.2) is 0 Å². The first-order valence-corrected chi connectivity index (χ1v) is 5.31. The van der Waals surface area contributed by atoms with Crippen LogP contribution in [0.3, 0.4) is 0 Å². The summed E-state index contributed by atoms with van der Waals surface area (Å²) in [5, 5.41) is 0. The molecular formula is C13H20. The molecule has 3 aliphatic carbocycles. The Kier molecular flexibility index (Phi) is 1.59. The minimum atomic E-state index is 0.417. The highest BCUT2D eigenvalue weighted by Gasteiger charge is 2.58. The van der Waals surface area contributed by atoms with Crippen molar-refractivity contribution in [2.45, 2.75) is 41.0 Å². The van der Waals surface area contributed by atoms with Gasteiger partial charge in [-0.3, -0.25) is 0 Å². The topological polar surface area (TPSA) is 0 Å². The summed E-state index contributed by atoms with van der Waals surface area (Å²) in [5.74, 6) is 0.760. The van der Waals surface area contributed by atoms with Gasteiger partial charge in [0.25, 0.3) is 0 Å². The van der Waals surface area contributed by atoms with Crippen LogP contribution >= 0.6 is 0 Å². The van der Waals surface area contributed by atoms with Crippen LogP contribution < -0.4 is 0 Å². The Labute approximate surface area is 81.7 Å². The van der Waals surface area contributed by atoms with E-state index < -0.39 is 0 Å². The van der Waals surface area contributed by atoms with E-state index in [2.05, 4.69) is 46.8 Å². The first-order valence-electron chi connectivity index (χ1n) is 5.31. The molecule has 0 N–H and O–H groups in total. The molecular weight excluding hydrogens is 156 g/mol. The van der Waals surface area contributed by atoms with Crippen LogP contribution in [0.2, 0.25) is 0 Å². The van der Waals surface area contributed by atoms with E-state index in [1.807, 2.05) is 0 Å². The second-order valence-electron chi connectivity index (χ2n) is 5.49. The van der Waals surface area contributed by atoms with E-state index in [0.29, 0.717) is 10.8 Å². The van der Waals surface area contributed by atoms with Gasteiger partial charge in [-0.25, -0.2) is 0 Å². The predicted octanol–water partition coefficient (Wildman–Crippen LogP) is 3.95. The molecule has 1 fully saturated rings. The third kappa shape index (κ3) is 0.820. The van der Waals surface area contributed by atoms with Crippen LogP contribution in [-0.4, -0.2) is 0 Å². The highest BCUT2D eigenvalue weighted by Crippen LogP contribution is 2.67. The molecule has 3 rings (SSSR count). The fraction of sp³-hybridized carbons (Fsp3) is 0.692. The van der Waals surface area contributed by atoms with E-state index in [-0.39, 0.29) is 0 Å². The number of hydrogen-bond donors (Lipinski definition) is 0. The van der Waals surface area contributed by atoms with Crippen molar-refractivity contribution in [3.63, 3.8) is 0 Å². The summed E-state index contributed by atoms with van der Waals surface area (Å²) < 4.78 is 0. The van der Waals surface area contributed by atoms with E-state index in [1.54, 1.807) is 5.57 Å². The molecule has 0 aromatic heterocycles. The maximum atomic E-state index is 2.46. The van der Waals surface area contributed by atoms with Crippen molar-refractivity contribution in [1.29, 1.82) is 0 Å². The van der Waals surface area contributed by atoms with Crippen LogP contribution in [-0.2, 0) is 0 Å². The van der Waals surface area contributed by atoms with Crippen molar-refractivity contribution in [1.82, 2.24) is 0 Å². The highest BCUT2D eigenvalue weighted by atomic mass is 14.6. The Balaban J connectivity index is 2.47. The molecule has 0 aliphatic heterocycles. The molecule has 0 aromatic rings. The molecule has 0 spiro atoms. The van der Waals surface area contributed by atoms with Gasteiger partial charge in [-0.1, -0.05) is 51.0 Å². The predicted molar refractivity (Wildman–Crippen MR) is 57.5 cm³/mol. The molecule has 3 aliphatic rings. The Bertz CT molecular complexity index is 302. The van der Waals surface area contributed by atoms with Crippen LogP contribution in [0, 0.1) is 16.7 Å². The SMILES string of the molecule is CC1=C2CC(C(C)C)(C=C1)C2(C)C. The summed E-state index contributed by atoms with van der Waals surface area (Å²) >= 11 is 0. The van der Waals surface area contributed by atoms with Gasteiger partial charge in [-0.05, 0) is 24.7 Å². The average Bonchev–Trinajstić information content (AvgIpc) is 2.03. The molecule has 0 saturated heterocycles. The van der Waals surface area contributed by atoms with Gasteiger partial charge >= 0.3 is 0 Å². The Morgan fingerprint density at radius 2 is 1.92 bits per heavy atom. The van der Waals surface area contributed by atoms with Crippen LogP contribution in [0.15, 0.2) is 23.3 Å². The molecule has 0 nitrogen and oxygen atoms in total. The van der Waals surface area contributed by atoms with E-state index in [0.717, 1.165) is 5.92 Å². The maximum Gasteiger partial charge on any atom is 0.00339 e. The van der Waals surface area contributed by atoms with Crippen LogP contribution in [0.5, 0.6) is 0 Å². The summed E-state index contributed by atoms with van der Waals surface area (Å²) in [6, 6.07) is 0. The standard InChI is InChI=1S/C13H20/c1-9(2)13-7-6-10(3)11(8-13)12(13,4)5/h6-7,9H,8H2,1-5H3. The molecule has 0 amide bonds. The van der Waals surface area contributed by atoms with Crippen LogP contribution in [0.1, 0.15) is 41.0 Å².